The molecule has 1 aliphatic rings. The summed E-state index contributed by atoms with van der Waals surface area (Å²) in [7, 11) is 1.30. The number of amides is 2. The number of hydrogen-bond acceptors (Lipinski definition) is 6. The smallest absolute Gasteiger partial charge is 0.309 e. The monoisotopic (exact) mass is 593 g/mol. The molecule has 5 rings (SSSR count). The van der Waals surface area contributed by atoms with Crippen molar-refractivity contribution >= 4 is 35.1 Å². The highest BCUT2D eigenvalue weighted by Gasteiger charge is 2.24. The third kappa shape index (κ3) is 6.31. The van der Waals surface area contributed by atoms with E-state index in [0.717, 1.165) is 0 Å². The van der Waals surface area contributed by atoms with Crippen LogP contribution in [-0.4, -0.2) is 39.7 Å². The maximum absolute atomic E-state index is 15.2. The lowest BCUT2D eigenvalue weighted by molar-refractivity contribution is -0.139. The molecule has 4 aromatic rings. The zero-order valence-corrected chi connectivity index (χ0v) is 23.3. The number of halogens is 3. The molecule has 0 saturated heterocycles. The molecule has 2 aromatic heterocycles. The average molecular weight is 594 g/mol. The van der Waals surface area contributed by atoms with Crippen molar-refractivity contribution in [3.8, 4) is 16.8 Å². The molecule has 0 radical (unpaired) electrons. The number of ether oxygens (including phenoxy) is 1. The summed E-state index contributed by atoms with van der Waals surface area (Å²) >= 11 is 5.88. The second kappa shape index (κ2) is 12.5. The molecule has 0 saturated carbocycles. The molecule has 2 amide bonds. The first-order chi connectivity index (χ1) is 20.2. The van der Waals surface area contributed by atoms with E-state index in [1.165, 1.54) is 42.5 Å². The summed E-state index contributed by atoms with van der Waals surface area (Å²) in [5.74, 6) is -2.62. The van der Waals surface area contributed by atoms with E-state index < -0.39 is 29.7 Å². The molecule has 2 N–H and O–H groups in total. The molecule has 0 fully saturated rings. The van der Waals surface area contributed by atoms with Crippen LogP contribution < -0.4 is 10.6 Å². The van der Waals surface area contributed by atoms with Gasteiger partial charge in [-0.15, -0.1) is 0 Å². The fourth-order valence-electron chi connectivity index (χ4n) is 4.79. The molecule has 1 aliphatic heterocycles. The number of carbonyl (C=O) groups excluding carboxylic acids is 3. The Morgan fingerprint density at radius 1 is 1.17 bits per heavy atom. The summed E-state index contributed by atoms with van der Waals surface area (Å²) in [6.45, 7) is 0. The van der Waals surface area contributed by atoms with Crippen LogP contribution in [0.5, 0.6) is 0 Å². The lowest BCUT2D eigenvalue weighted by Gasteiger charge is -2.21. The quantitative estimate of drug-likeness (QED) is 0.231. The summed E-state index contributed by atoms with van der Waals surface area (Å²) in [5, 5.41) is 9.76. The van der Waals surface area contributed by atoms with Crippen molar-refractivity contribution < 1.29 is 27.9 Å². The number of methoxy groups -OCH3 is 1. The molecular weight excluding hydrogens is 568 g/mol. The zero-order valence-electron chi connectivity index (χ0n) is 22.5. The molecule has 0 aliphatic carbocycles. The summed E-state index contributed by atoms with van der Waals surface area (Å²) in [6.07, 6.45) is 5.52. The number of benzene rings is 2. The third-order valence-electron chi connectivity index (χ3n) is 6.96. The molecule has 9 nitrogen and oxygen atoms in total. The van der Waals surface area contributed by atoms with Gasteiger partial charge in [0.2, 0.25) is 11.9 Å². The average Bonchev–Trinajstić information content (AvgIpc) is 3.46. The van der Waals surface area contributed by atoms with Crippen molar-refractivity contribution in [1.82, 2.24) is 20.1 Å². The summed E-state index contributed by atoms with van der Waals surface area (Å²) in [6, 6.07) is 10.4. The number of esters is 1. The zero-order chi connectivity index (χ0) is 29.8. The van der Waals surface area contributed by atoms with Gasteiger partial charge in [-0.05, 0) is 42.7 Å². The highest BCUT2D eigenvalue weighted by atomic mass is 35.5. The minimum absolute atomic E-state index is 0.0151. The van der Waals surface area contributed by atoms with Gasteiger partial charge in [0, 0.05) is 41.2 Å². The highest BCUT2D eigenvalue weighted by molar-refractivity contribution is 6.30. The van der Waals surface area contributed by atoms with Crippen LogP contribution in [0.3, 0.4) is 0 Å². The van der Waals surface area contributed by atoms with Crippen molar-refractivity contribution in [2.75, 3.05) is 12.4 Å². The third-order valence-corrected chi connectivity index (χ3v) is 7.25. The Hall–Kier alpha value is -4.64. The second-order valence-corrected chi connectivity index (χ2v) is 10.2. The largest absolute Gasteiger partial charge is 0.469 e. The van der Waals surface area contributed by atoms with Crippen LogP contribution in [0.15, 0.2) is 61.1 Å². The van der Waals surface area contributed by atoms with Crippen LogP contribution >= 0.6 is 11.6 Å². The first-order valence-corrected chi connectivity index (χ1v) is 13.6. The number of hydrogen-bond donors (Lipinski definition) is 2. The Kier molecular flexibility index (Phi) is 8.58. The maximum Gasteiger partial charge on any atom is 0.309 e. The highest BCUT2D eigenvalue weighted by Crippen LogP contribution is 2.33. The number of nitrogens with one attached hydrogen (secondary N) is 2. The number of nitrogens with zero attached hydrogens (tertiary/aromatic N) is 3. The second-order valence-electron chi connectivity index (χ2n) is 9.80. The number of fused-ring (bicyclic) bond motifs is 4. The van der Waals surface area contributed by atoms with Crippen LogP contribution in [0, 0.1) is 11.8 Å². The Morgan fingerprint density at radius 2 is 2.00 bits per heavy atom. The molecule has 0 spiro atoms. The topological polar surface area (TPSA) is 115 Å². The number of carbonyl (C=O) groups is 3. The van der Waals surface area contributed by atoms with E-state index in [4.69, 9.17) is 16.3 Å². The van der Waals surface area contributed by atoms with Crippen LogP contribution in [0.1, 0.15) is 53.2 Å². The van der Waals surface area contributed by atoms with Crippen molar-refractivity contribution in [2.45, 2.75) is 38.1 Å². The molecule has 2 aromatic carbocycles. The van der Waals surface area contributed by atoms with Gasteiger partial charge in [0.25, 0.3) is 5.91 Å². The van der Waals surface area contributed by atoms with Crippen LogP contribution in [0.25, 0.3) is 16.8 Å². The molecule has 2 bridgehead atoms. The SMILES string of the molecule is COC(=O)Cc1ccc2c(c1)NC(=O)CCCC[C@H](NC(=O)c1cnn(-c3cccc(Cl)c3F)c1)c1cc-2cnc1F. The van der Waals surface area contributed by atoms with Gasteiger partial charge in [-0.1, -0.05) is 36.2 Å². The predicted molar refractivity (Wildman–Crippen MR) is 151 cm³/mol. The lowest BCUT2D eigenvalue weighted by Crippen LogP contribution is -2.29. The number of rotatable bonds is 5. The summed E-state index contributed by atoms with van der Waals surface area (Å²) < 4.78 is 35.6. The minimum atomic E-state index is -0.777. The lowest BCUT2D eigenvalue weighted by atomic mass is 9.95. The molecular formula is C30H26ClF2N5O4. The van der Waals surface area contributed by atoms with E-state index in [0.29, 0.717) is 41.6 Å². The van der Waals surface area contributed by atoms with Gasteiger partial charge in [0.05, 0.1) is 36.4 Å². The summed E-state index contributed by atoms with van der Waals surface area (Å²) in [4.78, 5) is 41.8. The van der Waals surface area contributed by atoms with Gasteiger partial charge >= 0.3 is 5.97 Å². The van der Waals surface area contributed by atoms with Gasteiger partial charge in [-0.2, -0.15) is 9.49 Å². The van der Waals surface area contributed by atoms with Crippen molar-refractivity contribution in [2.24, 2.45) is 0 Å². The molecule has 42 heavy (non-hydrogen) atoms. The van der Waals surface area contributed by atoms with Gasteiger partial charge in [0.15, 0.2) is 5.82 Å². The Bertz CT molecular complexity index is 1680. The van der Waals surface area contributed by atoms with E-state index in [1.807, 2.05) is 0 Å². The molecule has 1 atom stereocenters. The van der Waals surface area contributed by atoms with Gasteiger partial charge in [-0.25, -0.2) is 14.1 Å². The fourth-order valence-corrected chi connectivity index (χ4v) is 4.96. The van der Waals surface area contributed by atoms with Crippen molar-refractivity contribution in [1.29, 1.82) is 0 Å². The molecule has 12 heteroatoms. The minimum Gasteiger partial charge on any atom is -0.469 e. The normalized spacial score (nSPS) is 15.0. The number of pyridine rings is 1. The Balaban J connectivity index is 1.47. The van der Waals surface area contributed by atoms with E-state index in [-0.39, 0.29) is 40.6 Å². The fraction of sp³-hybridized carbons (Fsp3) is 0.233. The van der Waals surface area contributed by atoms with Gasteiger partial charge < -0.3 is 15.4 Å². The first-order valence-electron chi connectivity index (χ1n) is 13.2. The standard InChI is InChI=1S/C30H26ClF2N5O4/c1-42-27(40)12-17-9-10-20-18-13-21(29(33)34-14-18)23(6-2-3-8-26(39)36-24(20)11-17)37-30(41)19-15-35-38(16-19)25-7-4-5-22(31)28(25)32/h4-5,7,9-11,13-16,23H,2-3,6,8,12H2,1H3,(H,36,39)(H,37,41)/t23-/m0/s1. The Labute approximate surface area is 244 Å². The number of aromatic nitrogens is 3. The molecule has 216 valence electrons. The number of anilines is 1. The van der Waals surface area contributed by atoms with E-state index in [1.54, 1.807) is 30.3 Å². The maximum atomic E-state index is 15.2. The first kappa shape index (κ1) is 28.9. The summed E-state index contributed by atoms with van der Waals surface area (Å²) in [5.41, 5.74) is 2.53. The van der Waals surface area contributed by atoms with Gasteiger partial charge in [-0.3, -0.25) is 14.4 Å². The van der Waals surface area contributed by atoms with E-state index in [9.17, 15) is 18.8 Å². The van der Waals surface area contributed by atoms with E-state index in [2.05, 4.69) is 20.7 Å². The van der Waals surface area contributed by atoms with Gasteiger partial charge in [0.1, 0.15) is 5.69 Å². The molecule has 0 unspecified atom stereocenters. The molecule has 3 heterocycles. The Morgan fingerprint density at radius 3 is 2.81 bits per heavy atom. The van der Waals surface area contributed by atoms with Crippen molar-refractivity contribution in [3.63, 3.8) is 0 Å². The van der Waals surface area contributed by atoms with Crippen LogP contribution in [0.2, 0.25) is 5.02 Å². The van der Waals surface area contributed by atoms with E-state index >= 15 is 4.39 Å². The predicted octanol–water partition coefficient (Wildman–Crippen LogP) is 5.57. The van der Waals surface area contributed by atoms with Crippen molar-refractivity contribution in [3.05, 3.63) is 94.5 Å². The van der Waals surface area contributed by atoms with Crippen LogP contribution in [0.4, 0.5) is 14.5 Å². The van der Waals surface area contributed by atoms with Crippen LogP contribution in [-0.2, 0) is 20.7 Å².